The number of hydrogen-bond acceptors (Lipinski definition) is 3. The Morgan fingerprint density at radius 3 is 2.43 bits per heavy atom. The molecular weight excluding hydrogens is 384 g/mol. The van der Waals surface area contributed by atoms with Crippen LogP contribution in [0, 0.1) is 18.6 Å². The first-order valence-corrected chi connectivity index (χ1v) is 9.87. The second-order valence-corrected chi connectivity index (χ2v) is 7.19. The fourth-order valence-electron chi connectivity index (χ4n) is 3.39. The minimum absolute atomic E-state index is 0.162. The highest BCUT2D eigenvalue weighted by Crippen LogP contribution is 2.26. The molecule has 0 saturated carbocycles. The number of pyridine rings is 1. The van der Waals surface area contributed by atoms with Gasteiger partial charge < -0.3 is 5.32 Å². The topological polar surface area (TPSA) is 54.0 Å². The Balaban J connectivity index is 1.89. The highest BCUT2D eigenvalue weighted by molar-refractivity contribution is 5.83. The molecule has 0 saturated heterocycles. The third-order valence-electron chi connectivity index (χ3n) is 5.07. The SMILES string of the molecule is CNC(=O)C(N[C@H](CCc1ccc(F)cn1)c1ccc(F)c(C)c1)c1ccccc1. The van der Waals surface area contributed by atoms with Crippen molar-refractivity contribution in [1.29, 1.82) is 0 Å². The maximum Gasteiger partial charge on any atom is 0.241 e. The molecule has 0 radical (unpaired) electrons. The van der Waals surface area contributed by atoms with Crippen LogP contribution in [0.3, 0.4) is 0 Å². The first-order valence-electron chi connectivity index (χ1n) is 9.87. The van der Waals surface area contributed by atoms with E-state index in [9.17, 15) is 13.6 Å². The van der Waals surface area contributed by atoms with Crippen molar-refractivity contribution < 1.29 is 13.6 Å². The Hall–Kier alpha value is -3.12. The number of carbonyl (C=O) groups excluding carboxylic acids is 1. The molecule has 3 rings (SSSR count). The summed E-state index contributed by atoms with van der Waals surface area (Å²) >= 11 is 0. The summed E-state index contributed by atoms with van der Waals surface area (Å²) in [6.45, 7) is 1.71. The van der Waals surface area contributed by atoms with E-state index < -0.39 is 6.04 Å². The van der Waals surface area contributed by atoms with E-state index in [1.54, 1.807) is 32.2 Å². The summed E-state index contributed by atoms with van der Waals surface area (Å²) in [6.07, 6.45) is 2.37. The predicted octanol–water partition coefficient (Wildman–Crippen LogP) is 4.42. The van der Waals surface area contributed by atoms with Crippen LogP contribution in [0.25, 0.3) is 0 Å². The van der Waals surface area contributed by atoms with E-state index in [4.69, 9.17) is 0 Å². The number of nitrogens with one attached hydrogen (secondary N) is 2. The van der Waals surface area contributed by atoms with E-state index in [2.05, 4.69) is 15.6 Å². The molecule has 156 valence electrons. The molecule has 1 unspecified atom stereocenters. The lowest BCUT2D eigenvalue weighted by molar-refractivity contribution is -0.123. The average molecular weight is 409 g/mol. The normalized spacial score (nSPS) is 12.9. The number of amides is 1. The number of likely N-dealkylation sites (N-methyl/N-ethyl adjacent to an activating group) is 1. The average Bonchev–Trinajstić information content (AvgIpc) is 2.77. The van der Waals surface area contributed by atoms with Crippen molar-refractivity contribution in [2.24, 2.45) is 0 Å². The first kappa shape index (κ1) is 21.6. The molecule has 0 bridgehead atoms. The maximum atomic E-state index is 13.8. The van der Waals surface area contributed by atoms with E-state index in [-0.39, 0.29) is 23.6 Å². The smallest absolute Gasteiger partial charge is 0.241 e. The number of carbonyl (C=O) groups is 1. The van der Waals surface area contributed by atoms with Crippen LogP contribution in [0.1, 0.15) is 40.9 Å². The summed E-state index contributed by atoms with van der Waals surface area (Å²) in [5, 5.41) is 6.13. The van der Waals surface area contributed by atoms with Crippen LogP contribution in [-0.2, 0) is 11.2 Å². The Kier molecular flexibility index (Phi) is 7.25. The van der Waals surface area contributed by atoms with Crippen LogP contribution in [0.5, 0.6) is 0 Å². The minimum atomic E-state index is -0.576. The van der Waals surface area contributed by atoms with Crippen LogP contribution >= 0.6 is 0 Å². The number of nitrogens with zero attached hydrogens (tertiary/aromatic N) is 1. The number of aromatic nitrogens is 1. The molecule has 30 heavy (non-hydrogen) atoms. The second kappa shape index (κ2) is 10.1. The van der Waals surface area contributed by atoms with Gasteiger partial charge in [-0.15, -0.1) is 0 Å². The van der Waals surface area contributed by atoms with E-state index in [1.165, 1.54) is 18.3 Å². The number of hydrogen-bond donors (Lipinski definition) is 2. The Bertz CT molecular complexity index is 978. The Labute approximate surface area is 175 Å². The lowest BCUT2D eigenvalue weighted by atomic mass is 9.96. The van der Waals surface area contributed by atoms with E-state index in [0.29, 0.717) is 18.4 Å². The fraction of sp³-hybridized carbons (Fsp3) is 0.250. The van der Waals surface area contributed by atoms with Gasteiger partial charge in [0.2, 0.25) is 5.91 Å². The lowest BCUT2D eigenvalue weighted by Gasteiger charge is -2.26. The van der Waals surface area contributed by atoms with Gasteiger partial charge in [-0.2, -0.15) is 0 Å². The van der Waals surface area contributed by atoms with Gasteiger partial charge in [0, 0.05) is 18.8 Å². The number of halogens is 2. The summed E-state index contributed by atoms with van der Waals surface area (Å²) in [5.74, 6) is -0.820. The molecule has 0 aliphatic heterocycles. The Morgan fingerprint density at radius 2 is 1.80 bits per heavy atom. The van der Waals surface area contributed by atoms with E-state index in [0.717, 1.165) is 16.8 Å². The van der Waals surface area contributed by atoms with Gasteiger partial charge in [0.25, 0.3) is 0 Å². The third-order valence-corrected chi connectivity index (χ3v) is 5.07. The molecular formula is C24H25F2N3O. The van der Waals surface area contributed by atoms with Crippen molar-refractivity contribution >= 4 is 5.91 Å². The number of rotatable bonds is 8. The van der Waals surface area contributed by atoms with Crippen LogP contribution in [0.4, 0.5) is 8.78 Å². The van der Waals surface area contributed by atoms with Gasteiger partial charge in [-0.3, -0.25) is 15.1 Å². The van der Waals surface area contributed by atoms with Crippen LogP contribution in [0.2, 0.25) is 0 Å². The van der Waals surface area contributed by atoms with Gasteiger partial charge in [-0.25, -0.2) is 8.78 Å². The first-order chi connectivity index (χ1) is 14.5. The van der Waals surface area contributed by atoms with Crippen LogP contribution in [-0.4, -0.2) is 17.9 Å². The van der Waals surface area contributed by atoms with Crippen LogP contribution in [0.15, 0.2) is 66.9 Å². The van der Waals surface area contributed by atoms with Gasteiger partial charge >= 0.3 is 0 Å². The molecule has 0 fully saturated rings. The summed E-state index contributed by atoms with van der Waals surface area (Å²) in [4.78, 5) is 16.7. The molecule has 1 amide bonds. The molecule has 4 nitrogen and oxygen atoms in total. The zero-order valence-corrected chi connectivity index (χ0v) is 17.0. The minimum Gasteiger partial charge on any atom is -0.358 e. The summed E-state index contributed by atoms with van der Waals surface area (Å²) in [5.41, 5.74) is 3.00. The largest absolute Gasteiger partial charge is 0.358 e. The van der Waals surface area contributed by atoms with Crippen molar-refractivity contribution in [3.63, 3.8) is 0 Å². The van der Waals surface area contributed by atoms with Crippen molar-refractivity contribution in [3.05, 3.63) is 101 Å². The molecule has 0 aliphatic carbocycles. The maximum absolute atomic E-state index is 13.8. The second-order valence-electron chi connectivity index (χ2n) is 7.19. The quantitative estimate of drug-likeness (QED) is 0.579. The van der Waals surface area contributed by atoms with Gasteiger partial charge in [-0.05, 0) is 54.7 Å². The van der Waals surface area contributed by atoms with Gasteiger partial charge in [0.05, 0.1) is 6.20 Å². The highest BCUT2D eigenvalue weighted by atomic mass is 19.1. The molecule has 6 heteroatoms. The molecule has 2 atom stereocenters. The predicted molar refractivity (Wildman–Crippen MR) is 113 cm³/mol. The Morgan fingerprint density at radius 1 is 1.03 bits per heavy atom. The van der Waals surface area contributed by atoms with Gasteiger partial charge in [0.15, 0.2) is 0 Å². The molecule has 1 aromatic heterocycles. The van der Waals surface area contributed by atoms with Crippen molar-refractivity contribution in [3.8, 4) is 0 Å². The standard InChI is InChI=1S/C24H25F2N3O/c1-16-14-18(8-12-21(16)26)22(13-11-20-10-9-19(25)15-28-20)29-23(24(30)27-2)17-6-4-3-5-7-17/h3-10,12,14-15,22-23,29H,11,13H2,1-2H3,(H,27,30)/t22-,23?/m1/s1. The van der Waals surface area contributed by atoms with E-state index >= 15 is 0 Å². The zero-order chi connectivity index (χ0) is 21.5. The van der Waals surface area contributed by atoms with Gasteiger partial charge in [0.1, 0.15) is 17.7 Å². The molecule has 1 heterocycles. The monoisotopic (exact) mass is 409 g/mol. The summed E-state index contributed by atoms with van der Waals surface area (Å²) in [6, 6.07) is 16.6. The summed E-state index contributed by atoms with van der Waals surface area (Å²) in [7, 11) is 1.60. The molecule has 0 spiro atoms. The molecule has 2 N–H and O–H groups in total. The van der Waals surface area contributed by atoms with Crippen molar-refractivity contribution in [2.75, 3.05) is 7.05 Å². The van der Waals surface area contributed by atoms with Crippen molar-refractivity contribution in [1.82, 2.24) is 15.6 Å². The van der Waals surface area contributed by atoms with Gasteiger partial charge in [-0.1, -0.05) is 42.5 Å². The molecule has 0 aliphatic rings. The zero-order valence-electron chi connectivity index (χ0n) is 17.0. The van der Waals surface area contributed by atoms with E-state index in [1.807, 2.05) is 30.3 Å². The molecule has 2 aromatic carbocycles. The number of benzene rings is 2. The van der Waals surface area contributed by atoms with Crippen molar-refractivity contribution in [2.45, 2.75) is 31.8 Å². The highest BCUT2D eigenvalue weighted by Gasteiger charge is 2.24. The third kappa shape index (κ3) is 5.48. The fourth-order valence-corrected chi connectivity index (χ4v) is 3.39. The van der Waals surface area contributed by atoms with Crippen LogP contribution < -0.4 is 10.6 Å². The molecule has 3 aromatic rings. The lowest BCUT2D eigenvalue weighted by Crippen LogP contribution is -2.38. The number of aryl methyl sites for hydroxylation is 2. The summed E-state index contributed by atoms with van der Waals surface area (Å²) < 4.78 is 27.0.